The Morgan fingerprint density at radius 2 is 2.35 bits per heavy atom. The summed E-state index contributed by atoms with van der Waals surface area (Å²) in [5.41, 5.74) is 2.85. The molecule has 1 unspecified atom stereocenters. The summed E-state index contributed by atoms with van der Waals surface area (Å²) in [6, 6.07) is 7.40. The van der Waals surface area contributed by atoms with Crippen LogP contribution in [0.4, 0.5) is 0 Å². The van der Waals surface area contributed by atoms with E-state index in [0.29, 0.717) is 6.04 Å². The van der Waals surface area contributed by atoms with Crippen LogP contribution in [0.2, 0.25) is 0 Å². The van der Waals surface area contributed by atoms with Gasteiger partial charge in [-0.1, -0.05) is 19.1 Å². The Bertz CT molecular complexity index is 447. The zero-order chi connectivity index (χ0) is 13.8. The largest absolute Gasteiger partial charge is 0.493 e. The van der Waals surface area contributed by atoms with Crippen molar-refractivity contribution in [2.24, 2.45) is 0 Å². The zero-order valence-corrected chi connectivity index (χ0v) is 12.5. The van der Waals surface area contributed by atoms with Gasteiger partial charge in [-0.2, -0.15) is 0 Å². The maximum atomic E-state index is 5.57. The molecule has 2 aliphatic rings. The van der Waals surface area contributed by atoms with Gasteiger partial charge < -0.3 is 15.0 Å². The highest BCUT2D eigenvalue weighted by atomic mass is 16.5. The van der Waals surface area contributed by atoms with Crippen molar-refractivity contribution in [3.63, 3.8) is 0 Å². The molecule has 0 spiro atoms. The van der Waals surface area contributed by atoms with Gasteiger partial charge in [0.25, 0.3) is 0 Å². The van der Waals surface area contributed by atoms with E-state index in [9.17, 15) is 0 Å². The topological polar surface area (TPSA) is 24.5 Å². The monoisotopic (exact) mass is 274 g/mol. The average Bonchev–Trinajstić information content (AvgIpc) is 2.82. The van der Waals surface area contributed by atoms with Crippen LogP contribution in [0.1, 0.15) is 30.9 Å². The average molecular weight is 274 g/mol. The molecule has 0 bridgehead atoms. The molecule has 110 valence electrons. The highest BCUT2D eigenvalue weighted by Gasteiger charge is 2.16. The molecule has 0 aliphatic carbocycles. The van der Waals surface area contributed by atoms with Crippen LogP contribution in [-0.4, -0.2) is 43.7 Å². The van der Waals surface area contributed by atoms with Crippen LogP contribution in [0.5, 0.6) is 5.75 Å². The van der Waals surface area contributed by atoms with Gasteiger partial charge in [-0.3, -0.25) is 0 Å². The van der Waals surface area contributed by atoms with Gasteiger partial charge in [-0.25, -0.2) is 0 Å². The molecule has 0 aromatic heterocycles. The number of hydrogen-bond acceptors (Lipinski definition) is 3. The third-order valence-corrected chi connectivity index (χ3v) is 4.53. The third-order valence-electron chi connectivity index (χ3n) is 4.53. The standard InChI is InChI=1S/C17H26N2O/c1-2-16-13-19(9-3-8-18-16)10-6-14-4-5-17-15(12-14)7-11-20-17/h4-5,12,16,18H,2-3,6-11,13H2,1H3. The van der Waals surface area contributed by atoms with Crippen molar-refractivity contribution in [2.45, 2.75) is 38.6 Å². The Labute approximate surface area is 122 Å². The molecule has 2 heterocycles. The summed E-state index contributed by atoms with van der Waals surface area (Å²) < 4.78 is 5.57. The van der Waals surface area contributed by atoms with Crippen LogP contribution < -0.4 is 10.1 Å². The predicted octanol–water partition coefficient (Wildman–Crippen LogP) is 2.24. The summed E-state index contributed by atoms with van der Waals surface area (Å²) in [6.07, 6.45) is 4.74. The van der Waals surface area contributed by atoms with E-state index in [4.69, 9.17) is 4.74 Å². The van der Waals surface area contributed by atoms with E-state index < -0.39 is 0 Å². The first-order valence-electron chi connectivity index (χ1n) is 8.05. The van der Waals surface area contributed by atoms with Crippen LogP contribution >= 0.6 is 0 Å². The molecular formula is C17H26N2O. The van der Waals surface area contributed by atoms with Crippen molar-refractivity contribution in [3.8, 4) is 5.75 Å². The van der Waals surface area contributed by atoms with Gasteiger partial charge in [0.2, 0.25) is 0 Å². The molecule has 1 aromatic rings. The lowest BCUT2D eigenvalue weighted by Crippen LogP contribution is -2.37. The minimum atomic E-state index is 0.672. The number of benzene rings is 1. The molecule has 0 amide bonds. The van der Waals surface area contributed by atoms with Crippen molar-refractivity contribution in [2.75, 3.05) is 32.8 Å². The minimum absolute atomic E-state index is 0.672. The highest BCUT2D eigenvalue weighted by molar-refractivity contribution is 5.39. The zero-order valence-electron chi connectivity index (χ0n) is 12.5. The summed E-state index contributed by atoms with van der Waals surface area (Å²) in [6.45, 7) is 7.92. The van der Waals surface area contributed by atoms with Gasteiger partial charge in [0, 0.05) is 25.6 Å². The van der Waals surface area contributed by atoms with E-state index in [1.54, 1.807) is 0 Å². The molecule has 1 N–H and O–H groups in total. The van der Waals surface area contributed by atoms with Crippen LogP contribution in [0, 0.1) is 0 Å². The molecule has 1 saturated heterocycles. The maximum Gasteiger partial charge on any atom is 0.122 e. The number of nitrogens with one attached hydrogen (secondary N) is 1. The fraction of sp³-hybridized carbons (Fsp3) is 0.647. The molecule has 2 aliphatic heterocycles. The Kier molecular flexibility index (Phi) is 4.58. The van der Waals surface area contributed by atoms with Gasteiger partial charge in [-0.05, 0) is 49.5 Å². The van der Waals surface area contributed by atoms with E-state index in [1.165, 1.54) is 50.1 Å². The van der Waals surface area contributed by atoms with Crippen molar-refractivity contribution in [1.29, 1.82) is 0 Å². The first-order chi connectivity index (χ1) is 9.85. The van der Waals surface area contributed by atoms with Crippen molar-refractivity contribution >= 4 is 0 Å². The summed E-state index contributed by atoms with van der Waals surface area (Å²) >= 11 is 0. The van der Waals surface area contributed by atoms with Crippen molar-refractivity contribution in [3.05, 3.63) is 29.3 Å². The quantitative estimate of drug-likeness (QED) is 0.911. The number of fused-ring (bicyclic) bond motifs is 1. The highest BCUT2D eigenvalue weighted by Crippen LogP contribution is 2.26. The molecule has 1 atom stereocenters. The first kappa shape index (κ1) is 13.9. The molecule has 1 fully saturated rings. The molecule has 3 heteroatoms. The predicted molar refractivity (Wildman–Crippen MR) is 82.5 cm³/mol. The van der Waals surface area contributed by atoms with E-state index >= 15 is 0 Å². The second kappa shape index (κ2) is 6.59. The lowest BCUT2D eigenvalue weighted by atomic mass is 10.1. The van der Waals surface area contributed by atoms with Crippen molar-refractivity contribution in [1.82, 2.24) is 10.2 Å². The SMILES string of the molecule is CCC1CN(CCc2ccc3c(c2)CCO3)CCCN1. The van der Waals surface area contributed by atoms with Gasteiger partial charge >= 0.3 is 0 Å². The molecule has 3 rings (SSSR count). The molecule has 20 heavy (non-hydrogen) atoms. The van der Waals surface area contributed by atoms with E-state index in [-0.39, 0.29) is 0 Å². The van der Waals surface area contributed by atoms with Crippen LogP contribution in [-0.2, 0) is 12.8 Å². The third kappa shape index (κ3) is 3.33. The minimum Gasteiger partial charge on any atom is -0.493 e. The number of ether oxygens (including phenoxy) is 1. The first-order valence-corrected chi connectivity index (χ1v) is 8.05. The van der Waals surface area contributed by atoms with Crippen molar-refractivity contribution < 1.29 is 4.74 Å². The fourth-order valence-corrected chi connectivity index (χ4v) is 3.24. The van der Waals surface area contributed by atoms with Gasteiger partial charge in [0.1, 0.15) is 5.75 Å². The summed E-state index contributed by atoms with van der Waals surface area (Å²) in [5.74, 6) is 1.10. The van der Waals surface area contributed by atoms with Gasteiger partial charge in [0.15, 0.2) is 0 Å². The Morgan fingerprint density at radius 3 is 3.25 bits per heavy atom. The number of rotatable bonds is 4. The smallest absolute Gasteiger partial charge is 0.122 e. The second-order valence-electron chi connectivity index (χ2n) is 6.00. The molecule has 0 radical (unpaired) electrons. The summed E-state index contributed by atoms with van der Waals surface area (Å²) in [5, 5.41) is 3.64. The van der Waals surface area contributed by atoms with E-state index in [2.05, 4.69) is 35.3 Å². The summed E-state index contributed by atoms with van der Waals surface area (Å²) in [4.78, 5) is 2.62. The Balaban J connectivity index is 1.55. The molecule has 3 nitrogen and oxygen atoms in total. The van der Waals surface area contributed by atoms with E-state index in [1.807, 2.05) is 0 Å². The lowest BCUT2D eigenvalue weighted by molar-refractivity contribution is 0.268. The number of nitrogens with zero attached hydrogens (tertiary/aromatic N) is 1. The molecular weight excluding hydrogens is 248 g/mol. The normalized spacial score (nSPS) is 23.1. The van der Waals surface area contributed by atoms with Crippen LogP contribution in [0.25, 0.3) is 0 Å². The van der Waals surface area contributed by atoms with Gasteiger partial charge in [-0.15, -0.1) is 0 Å². The van der Waals surface area contributed by atoms with Crippen LogP contribution in [0.3, 0.4) is 0 Å². The second-order valence-corrected chi connectivity index (χ2v) is 6.00. The Hall–Kier alpha value is -1.06. The van der Waals surface area contributed by atoms with Crippen LogP contribution in [0.15, 0.2) is 18.2 Å². The van der Waals surface area contributed by atoms with E-state index in [0.717, 1.165) is 25.2 Å². The lowest BCUT2D eigenvalue weighted by Gasteiger charge is -2.23. The number of hydrogen-bond donors (Lipinski definition) is 1. The maximum absolute atomic E-state index is 5.57. The van der Waals surface area contributed by atoms with Gasteiger partial charge in [0.05, 0.1) is 6.61 Å². The fourth-order valence-electron chi connectivity index (χ4n) is 3.24. The molecule has 0 saturated carbocycles. The summed E-state index contributed by atoms with van der Waals surface area (Å²) in [7, 11) is 0. The Morgan fingerprint density at radius 1 is 1.40 bits per heavy atom. The molecule has 1 aromatic carbocycles.